The molecule has 1 aliphatic heterocycles. The zero-order chi connectivity index (χ0) is 26.0. The molecule has 0 aromatic heterocycles. The molecule has 4 rings (SSSR count). The Bertz CT molecular complexity index is 1400. The van der Waals surface area contributed by atoms with Crippen LogP contribution < -0.4 is 14.8 Å². The Labute approximate surface area is 240 Å². The zero-order valence-corrected chi connectivity index (χ0v) is 24.9. The molecule has 10 heteroatoms. The van der Waals surface area contributed by atoms with Crippen LogP contribution in [-0.2, 0) is 11.4 Å². The van der Waals surface area contributed by atoms with Crippen LogP contribution in [0.5, 0.6) is 11.5 Å². The Morgan fingerprint density at radius 1 is 1.03 bits per heavy atom. The average molecular weight is 671 g/mol. The standard InChI is InChI=1S/C26H20Br2Cl2N2O3S/c1-13-6-17(7-14(2)24(13)28)31-26-32-25(33)23(36-26)10-16-9-21(34-3)22(11-18(16)27)35-12-15-4-5-19(29)20(30)8-15/h4-11H,12H2,1-3H3,(H,31,32,33)/b23-10-. The highest BCUT2D eigenvalue weighted by Gasteiger charge is 2.24. The monoisotopic (exact) mass is 668 g/mol. The van der Waals surface area contributed by atoms with Gasteiger partial charge in [0.15, 0.2) is 16.7 Å². The van der Waals surface area contributed by atoms with Gasteiger partial charge in [0.05, 0.1) is 27.7 Å². The molecule has 0 unspecified atom stereocenters. The molecule has 1 fully saturated rings. The van der Waals surface area contributed by atoms with E-state index in [1.807, 2.05) is 44.2 Å². The summed E-state index contributed by atoms with van der Waals surface area (Å²) < 4.78 is 13.3. The van der Waals surface area contributed by atoms with Crippen LogP contribution in [0.1, 0.15) is 22.3 Å². The number of amidine groups is 1. The highest BCUT2D eigenvalue weighted by atomic mass is 79.9. The van der Waals surface area contributed by atoms with Crippen LogP contribution in [-0.4, -0.2) is 18.2 Å². The lowest BCUT2D eigenvalue weighted by Gasteiger charge is -2.13. The summed E-state index contributed by atoms with van der Waals surface area (Å²) in [5.74, 6) is 0.864. The van der Waals surface area contributed by atoms with Gasteiger partial charge in [0.25, 0.3) is 5.91 Å². The zero-order valence-electron chi connectivity index (χ0n) is 19.4. The number of hydrogen-bond acceptors (Lipinski definition) is 5. The van der Waals surface area contributed by atoms with Gasteiger partial charge < -0.3 is 14.8 Å². The first-order valence-electron chi connectivity index (χ1n) is 10.6. The van der Waals surface area contributed by atoms with E-state index in [-0.39, 0.29) is 12.5 Å². The molecule has 0 spiro atoms. The number of aliphatic imine (C=N–C) groups is 1. The fourth-order valence-corrected chi connectivity index (χ4v) is 5.27. The number of halogens is 4. The van der Waals surface area contributed by atoms with E-state index < -0.39 is 0 Å². The maximum Gasteiger partial charge on any atom is 0.264 e. The van der Waals surface area contributed by atoms with E-state index in [0.29, 0.717) is 31.6 Å². The van der Waals surface area contributed by atoms with Gasteiger partial charge in [0.2, 0.25) is 0 Å². The summed E-state index contributed by atoms with van der Waals surface area (Å²) in [5.41, 5.74) is 4.58. The van der Waals surface area contributed by atoms with Gasteiger partial charge in [-0.3, -0.25) is 4.79 Å². The largest absolute Gasteiger partial charge is 0.493 e. The second-order valence-corrected chi connectivity index (χ2v) is 11.4. The molecule has 5 nitrogen and oxygen atoms in total. The normalized spacial score (nSPS) is 15.5. The molecule has 3 aromatic carbocycles. The maximum atomic E-state index is 12.6. The SMILES string of the molecule is COc1cc(/C=C2\SC(=Nc3cc(C)c(Br)c(C)c3)NC2=O)c(Br)cc1OCc1ccc(Cl)c(Cl)c1. The Balaban J connectivity index is 1.54. The smallest absolute Gasteiger partial charge is 0.264 e. The van der Waals surface area contributed by atoms with Crippen molar-refractivity contribution in [1.29, 1.82) is 0 Å². The minimum atomic E-state index is -0.213. The van der Waals surface area contributed by atoms with Gasteiger partial charge in [-0.2, -0.15) is 0 Å². The Kier molecular flexibility index (Phi) is 8.73. The molecule has 0 bridgehead atoms. The fraction of sp³-hybridized carbons (Fsp3) is 0.154. The highest BCUT2D eigenvalue weighted by Crippen LogP contribution is 2.37. The first kappa shape index (κ1) is 27.1. The fourth-order valence-electron chi connectivity index (χ4n) is 3.45. The second kappa shape index (κ2) is 11.6. The molecule has 186 valence electrons. The number of ether oxygens (including phenoxy) is 2. The van der Waals surface area contributed by atoms with E-state index in [2.05, 4.69) is 42.2 Å². The third-order valence-corrected chi connectivity index (χ3v) is 8.84. The quantitative estimate of drug-likeness (QED) is 0.267. The lowest BCUT2D eigenvalue weighted by molar-refractivity contribution is -0.115. The molecule has 0 radical (unpaired) electrons. The minimum Gasteiger partial charge on any atom is -0.493 e. The highest BCUT2D eigenvalue weighted by molar-refractivity contribution is 9.10. The van der Waals surface area contributed by atoms with E-state index in [0.717, 1.165) is 36.9 Å². The van der Waals surface area contributed by atoms with Gasteiger partial charge in [-0.1, -0.05) is 61.1 Å². The summed E-state index contributed by atoms with van der Waals surface area (Å²) in [6, 6.07) is 12.9. The predicted octanol–water partition coefficient (Wildman–Crippen LogP) is 8.61. The number of amides is 1. The summed E-state index contributed by atoms with van der Waals surface area (Å²) >= 11 is 20.5. The number of benzene rings is 3. The van der Waals surface area contributed by atoms with Crippen LogP contribution in [0, 0.1) is 13.8 Å². The first-order chi connectivity index (χ1) is 17.1. The van der Waals surface area contributed by atoms with Crippen molar-refractivity contribution in [2.75, 3.05) is 7.11 Å². The van der Waals surface area contributed by atoms with Gasteiger partial charge in [-0.15, -0.1) is 0 Å². The van der Waals surface area contributed by atoms with Gasteiger partial charge in [-0.05, 0) is 90.3 Å². The summed E-state index contributed by atoms with van der Waals surface area (Å²) in [6.07, 6.45) is 1.79. The number of carbonyl (C=O) groups excluding carboxylic acids is 1. The Morgan fingerprint density at radius 2 is 1.75 bits per heavy atom. The molecule has 1 amide bonds. The molecule has 3 aromatic rings. The number of carbonyl (C=O) groups is 1. The molecule has 1 N–H and O–H groups in total. The van der Waals surface area contributed by atoms with Gasteiger partial charge >= 0.3 is 0 Å². The van der Waals surface area contributed by atoms with Gasteiger partial charge in [0, 0.05) is 8.95 Å². The van der Waals surface area contributed by atoms with Crippen LogP contribution >= 0.6 is 66.8 Å². The van der Waals surface area contributed by atoms with E-state index in [9.17, 15) is 4.79 Å². The summed E-state index contributed by atoms with van der Waals surface area (Å²) in [5, 5.41) is 4.31. The molecule has 0 saturated carbocycles. The Morgan fingerprint density at radius 3 is 2.42 bits per heavy atom. The van der Waals surface area contributed by atoms with E-state index in [1.165, 1.54) is 11.8 Å². The third-order valence-electron chi connectivity index (χ3n) is 5.25. The molecule has 1 aliphatic rings. The van der Waals surface area contributed by atoms with E-state index in [4.69, 9.17) is 32.7 Å². The van der Waals surface area contributed by atoms with Crippen molar-refractivity contribution in [3.8, 4) is 11.5 Å². The summed E-state index contributed by atoms with van der Waals surface area (Å²) in [6.45, 7) is 4.30. The number of aryl methyl sites for hydroxylation is 2. The molecule has 1 heterocycles. The number of nitrogens with one attached hydrogen (secondary N) is 1. The molecule has 36 heavy (non-hydrogen) atoms. The van der Waals surface area contributed by atoms with Crippen LogP contribution in [0.3, 0.4) is 0 Å². The Hall–Kier alpha value is -1.97. The third kappa shape index (κ3) is 6.29. The molecular weight excluding hydrogens is 651 g/mol. The maximum absolute atomic E-state index is 12.6. The molecule has 1 saturated heterocycles. The van der Waals surface area contributed by atoms with Crippen molar-refractivity contribution in [3.05, 3.63) is 88.6 Å². The van der Waals surface area contributed by atoms with Crippen molar-refractivity contribution in [2.24, 2.45) is 4.99 Å². The lowest BCUT2D eigenvalue weighted by Crippen LogP contribution is -2.19. The molecular formula is C26H20Br2Cl2N2O3S. The van der Waals surface area contributed by atoms with Crippen molar-refractivity contribution in [3.63, 3.8) is 0 Å². The molecule has 0 atom stereocenters. The number of thioether (sulfide) groups is 1. The van der Waals surface area contributed by atoms with Gasteiger partial charge in [0.1, 0.15) is 6.61 Å². The van der Waals surface area contributed by atoms with Crippen LogP contribution in [0.15, 0.2) is 61.3 Å². The van der Waals surface area contributed by atoms with Crippen molar-refractivity contribution in [1.82, 2.24) is 5.32 Å². The van der Waals surface area contributed by atoms with Crippen molar-refractivity contribution >= 4 is 89.7 Å². The predicted molar refractivity (Wildman–Crippen MR) is 156 cm³/mol. The first-order valence-corrected chi connectivity index (χ1v) is 13.8. The van der Waals surface area contributed by atoms with Crippen LogP contribution in [0.2, 0.25) is 10.0 Å². The minimum absolute atomic E-state index is 0.213. The topological polar surface area (TPSA) is 59.9 Å². The lowest BCUT2D eigenvalue weighted by atomic mass is 10.1. The number of hydrogen-bond donors (Lipinski definition) is 1. The number of nitrogens with zero attached hydrogens (tertiary/aromatic N) is 1. The summed E-state index contributed by atoms with van der Waals surface area (Å²) in [7, 11) is 1.57. The average Bonchev–Trinajstić information content (AvgIpc) is 3.17. The van der Waals surface area contributed by atoms with Crippen molar-refractivity contribution < 1.29 is 14.3 Å². The van der Waals surface area contributed by atoms with Gasteiger partial charge in [-0.25, -0.2) is 4.99 Å². The number of rotatable bonds is 6. The van der Waals surface area contributed by atoms with Crippen LogP contribution in [0.4, 0.5) is 5.69 Å². The molecule has 0 aliphatic carbocycles. The summed E-state index contributed by atoms with van der Waals surface area (Å²) in [4.78, 5) is 17.8. The van der Waals surface area contributed by atoms with E-state index >= 15 is 0 Å². The van der Waals surface area contributed by atoms with Crippen molar-refractivity contribution in [2.45, 2.75) is 20.5 Å². The number of methoxy groups -OCH3 is 1. The van der Waals surface area contributed by atoms with E-state index in [1.54, 1.807) is 25.3 Å². The second-order valence-electron chi connectivity index (χ2n) is 7.94. The van der Waals surface area contributed by atoms with Crippen LogP contribution in [0.25, 0.3) is 6.08 Å².